The summed E-state index contributed by atoms with van der Waals surface area (Å²) in [4.78, 5) is 45.3. The van der Waals surface area contributed by atoms with Gasteiger partial charge in [-0.3, -0.25) is 9.59 Å². The number of piperidine rings is 3. The van der Waals surface area contributed by atoms with Crippen LogP contribution in [0.25, 0.3) is 22.3 Å². The van der Waals surface area contributed by atoms with Crippen LogP contribution in [0.4, 0.5) is 11.5 Å². The van der Waals surface area contributed by atoms with Gasteiger partial charge in [0.2, 0.25) is 11.8 Å². The summed E-state index contributed by atoms with van der Waals surface area (Å²) in [6, 6.07) is 10.3. The molecule has 0 unspecified atom stereocenters. The van der Waals surface area contributed by atoms with Crippen LogP contribution in [0.5, 0.6) is 0 Å². The first-order valence-corrected chi connectivity index (χ1v) is 19.3. The zero-order chi connectivity index (χ0) is 33.3. The molecule has 1 aromatic carbocycles. The largest absolute Gasteiger partial charge is 0.366 e. The number of rotatable bonds is 7. The predicted molar refractivity (Wildman–Crippen MR) is 193 cm³/mol. The molecule has 2 N–H and O–H groups in total. The molecule has 2 aliphatic carbocycles. The number of nitrogens with zero attached hydrogens (tertiary/aromatic N) is 6. The highest BCUT2D eigenvalue weighted by atomic mass is 16.2. The van der Waals surface area contributed by atoms with Crippen LogP contribution in [0.1, 0.15) is 96.1 Å². The van der Waals surface area contributed by atoms with E-state index in [1.165, 1.54) is 45.2 Å². The normalized spacial score (nSPS) is 27.2. The first-order chi connectivity index (χ1) is 23.9. The van der Waals surface area contributed by atoms with Crippen LogP contribution in [0.15, 0.2) is 30.6 Å². The third-order valence-electron chi connectivity index (χ3n) is 12.7. The first kappa shape index (κ1) is 31.5. The summed E-state index contributed by atoms with van der Waals surface area (Å²) in [7, 11) is 0. The van der Waals surface area contributed by atoms with E-state index in [2.05, 4.69) is 63.1 Å². The number of aromatic nitrogens is 3. The molecule has 260 valence electrons. The molecule has 5 fully saturated rings. The van der Waals surface area contributed by atoms with Crippen LogP contribution in [0.3, 0.4) is 0 Å². The Hall–Kier alpha value is -3.50. The molecular weight excluding hydrogens is 612 g/mol. The number of fused-ring (bicyclic) bond motifs is 3. The molecule has 2 saturated carbocycles. The van der Waals surface area contributed by atoms with Crippen molar-refractivity contribution in [2.75, 3.05) is 49.5 Å². The smallest absolute Gasteiger partial charge is 0.238 e. The van der Waals surface area contributed by atoms with Crippen molar-refractivity contribution in [1.82, 2.24) is 29.7 Å². The zero-order valence-electron chi connectivity index (χ0n) is 29.3. The van der Waals surface area contributed by atoms with E-state index in [-0.39, 0.29) is 29.8 Å². The fraction of sp³-hybridized carbons (Fsp3) is 0.641. The van der Waals surface area contributed by atoms with Crippen LogP contribution in [-0.2, 0) is 15.0 Å². The molecule has 2 amide bonds. The molecule has 1 spiro atoms. The predicted octanol–water partition coefficient (Wildman–Crippen LogP) is 5.48. The molecule has 9 rings (SSSR count). The Kier molecular flexibility index (Phi) is 7.95. The van der Waals surface area contributed by atoms with Crippen molar-refractivity contribution in [3.05, 3.63) is 36.2 Å². The van der Waals surface area contributed by atoms with Crippen LogP contribution in [0.2, 0.25) is 0 Å². The summed E-state index contributed by atoms with van der Waals surface area (Å²) >= 11 is 0. The van der Waals surface area contributed by atoms with Gasteiger partial charge in [0.15, 0.2) is 5.82 Å². The quantitative estimate of drug-likeness (QED) is 0.346. The van der Waals surface area contributed by atoms with Gasteiger partial charge in [-0.1, -0.05) is 18.6 Å². The number of pyridine rings is 1. The van der Waals surface area contributed by atoms with E-state index in [0.29, 0.717) is 38.0 Å². The monoisotopic (exact) mass is 664 g/mol. The van der Waals surface area contributed by atoms with Crippen molar-refractivity contribution in [3.8, 4) is 11.3 Å². The molecule has 2 aromatic heterocycles. The van der Waals surface area contributed by atoms with Gasteiger partial charge in [0.25, 0.3) is 0 Å². The Labute approximate surface area is 290 Å². The molecule has 10 heteroatoms. The second-order valence-corrected chi connectivity index (χ2v) is 16.1. The van der Waals surface area contributed by atoms with Crippen LogP contribution < -0.4 is 15.5 Å². The maximum absolute atomic E-state index is 14.9. The van der Waals surface area contributed by atoms with Crippen molar-refractivity contribution in [1.29, 1.82) is 0 Å². The van der Waals surface area contributed by atoms with E-state index in [4.69, 9.17) is 9.97 Å². The number of amides is 2. The van der Waals surface area contributed by atoms with Gasteiger partial charge in [0.05, 0.1) is 28.9 Å². The van der Waals surface area contributed by atoms with Crippen molar-refractivity contribution >= 4 is 34.4 Å². The molecule has 3 saturated heterocycles. The first-order valence-electron chi connectivity index (χ1n) is 19.3. The Morgan fingerprint density at radius 1 is 0.980 bits per heavy atom. The van der Waals surface area contributed by atoms with Crippen LogP contribution in [0, 0.1) is 5.92 Å². The molecule has 10 nitrogen and oxygen atoms in total. The molecule has 0 radical (unpaired) electrons. The Morgan fingerprint density at radius 2 is 1.78 bits per heavy atom. The molecule has 6 heterocycles. The average Bonchev–Trinajstić information content (AvgIpc) is 3.77. The van der Waals surface area contributed by atoms with E-state index in [9.17, 15) is 9.59 Å². The van der Waals surface area contributed by atoms with Crippen molar-refractivity contribution in [3.63, 3.8) is 0 Å². The highest BCUT2D eigenvalue weighted by Crippen LogP contribution is 2.52. The van der Waals surface area contributed by atoms with Gasteiger partial charge in [-0.2, -0.15) is 0 Å². The minimum Gasteiger partial charge on any atom is -0.366 e. The van der Waals surface area contributed by atoms with Crippen LogP contribution in [-0.4, -0.2) is 93.5 Å². The van der Waals surface area contributed by atoms with Gasteiger partial charge in [-0.15, -0.1) is 0 Å². The topological polar surface area (TPSA) is 98.6 Å². The zero-order valence-corrected chi connectivity index (χ0v) is 29.3. The minimum atomic E-state index is -0.572. The molecule has 3 aromatic rings. The average molecular weight is 665 g/mol. The molecular formula is C39H52N8O2. The van der Waals surface area contributed by atoms with Gasteiger partial charge < -0.3 is 29.9 Å². The summed E-state index contributed by atoms with van der Waals surface area (Å²) in [6.45, 7) is 9.80. The van der Waals surface area contributed by atoms with Gasteiger partial charge in [-0.25, -0.2) is 9.97 Å². The van der Waals surface area contributed by atoms with E-state index < -0.39 is 5.41 Å². The molecule has 0 bridgehead atoms. The Balaban J connectivity index is 1.05. The number of imidazole rings is 1. The number of hydrogen-bond donors (Lipinski definition) is 2. The lowest BCUT2D eigenvalue weighted by molar-refractivity contribution is -0.139. The maximum atomic E-state index is 14.9. The fourth-order valence-electron chi connectivity index (χ4n) is 9.50. The number of carbonyl (C=O) groups is 2. The number of hydrogen-bond acceptors (Lipinski definition) is 7. The number of likely N-dealkylation sites (tertiary alicyclic amines) is 2. The third kappa shape index (κ3) is 5.44. The standard InChI is InChI=1S/C39H52N8O2/c1-25(2)46-24-41-33-22-32(43-36(35(33)46)42-28-9-10-28)26-8-11-31-34(19-26)47(30-20-29(21-30)44-15-4-3-5-16-44)38(49)39(31)12-17-45(18-13-39)37(48)27-7-6-14-40-23-27/h8,11,19,22,24-25,27-30,40H,3-7,9-10,12-18,20-21,23H2,1-2H3,(H,42,43)/t27-,29?,30?/m1/s1. The number of carbonyl (C=O) groups excluding carboxylic acids is 2. The molecule has 4 aliphatic heterocycles. The summed E-state index contributed by atoms with van der Waals surface area (Å²) < 4.78 is 2.21. The van der Waals surface area contributed by atoms with Crippen molar-refractivity contribution < 1.29 is 9.59 Å². The van der Waals surface area contributed by atoms with E-state index >= 15 is 0 Å². The summed E-state index contributed by atoms with van der Waals surface area (Å²) in [5.41, 5.74) is 5.56. The lowest BCUT2D eigenvalue weighted by Crippen LogP contribution is -2.58. The third-order valence-corrected chi connectivity index (χ3v) is 12.7. The van der Waals surface area contributed by atoms with Crippen LogP contribution >= 0.6 is 0 Å². The number of benzene rings is 1. The minimum absolute atomic E-state index is 0.0613. The van der Waals surface area contributed by atoms with Gasteiger partial charge in [0, 0.05) is 55.1 Å². The number of nitrogens with one attached hydrogen (secondary N) is 2. The lowest BCUT2D eigenvalue weighted by Gasteiger charge is -2.48. The molecule has 6 aliphatic rings. The molecule has 1 atom stereocenters. The van der Waals surface area contributed by atoms with E-state index in [0.717, 1.165) is 78.1 Å². The van der Waals surface area contributed by atoms with Crippen molar-refractivity contribution in [2.24, 2.45) is 5.92 Å². The second kappa shape index (κ2) is 12.4. The van der Waals surface area contributed by atoms with Gasteiger partial charge in [0.1, 0.15) is 5.52 Å². The number of anilines is 2. The summed E-state index contributed by atoms with van der Waals surface area (Å²) in [5, 5.41) is 7.10. The lowest BCUT2D eigenvalue weighted by atomic mass is 9.73. The fourth-order valence-corrected chi connectivity index (χ4v) is 9.50. The SMILES string of the molecule is CC(C)n1cnc2cc(-c3ccc4c(c3)N(C3CC(N5CCCCC5)C3)C(=O)C43CCN(C(=O)[C@@H]4CCCNC4)CC3)nc(NC3CC3)c21. The van der Waals surface area contributed by atoms with Crippen molar-refractivity contribution in [2.45, 2.75) is 114 Å². The highest BCUT2D eigenvalue weighted by Gasteiger charge is 2.56. The van der Waals surface area contributed by atoms with Gasteiger partial charge >= 0.3 is 0 Å². The van der Waals surface area contributed by atoms with E-state index in [1.54, 1.807) is 0 Å². The second-order valence-electron chi connectivity index (χ2n) is 16.1. The highest BCUT2D eigenvalue weighted by molar-refractivity contribution is 6.09. The van der Waals surface area contributed by atoms with Gasteiger partial charge in [-0.05, 0) is 115 Å². The summed E-state index contributed by atoms with van der Waals surface area (Å²) in [5.74, 6) is 1.48. The van der Waals surface area contributed by atoms with E-state index in [1.807, 2.05) is 11.2 Å². The Bertz CT molecular complexity index is 1740. The summed E-state index contributed by atoms with van der Waals surface area (Å²) in [6.07, 6.45) is 13.6. The molecule has 49 heavy (non-hydrogen) atoms. The maximum Gasteiger partial charge on any atom is 0.238 e. The Morgan fingerprint density at radius 3 is 2.49 bits per heavy atom.